The van der Waals surface area contributed by atoms with Crippen molar-refractivity contribution in [3.05, 3.63) is 71.0 Å². The number of ether oxygens (including phenoxy) is 3. The van der Waals surface area contributed by atoms with Crippen molar-refractivity contribution in [1.29, 1.82) is 0 Å². The highest BCUT2D eigenvalue weighted by atomic mass is 79.9. The van der Waals surface area contributed by atoms with Gasteiger partial charge in [-0.1, -0.05) is 27.3 Å². The van der Waals surface area contributed by atoms with Crippen LogP contribution in [-0.4, -0.2) is 43.9 Å². The van der Waals surface area contributed by atoms with Crippen molar-refractivity contribution in [3.63, 3.8) is 0 Å². The van der Waals surface area contributed by atoms with Crippen molar-refractivity contribution >= 4 is 45.2 Å². The monoisotopic (exact) mass is 617 g/mol. The van der Waals surface area contributed by atoms with Gasteiger partial charge in [0.05, 0.1) is 42.2 Å². The quantitative estimate of drug-likeness (QED) is 0.311. The van der Waals surface area contributed by atoms with E-state index < -0.39 is 12.0 Å². The van der Waals surface area contributed by atoms with Gasteiger partial charge >= 0.3 is 5.97 Å². The molecule has 0 spiro atoms. The second-order valence-electron chi connectivity index (χ2n) is 8.61. The number of rotatable bonds is 10. The van der Waals surface area contributed by atoms with Crippen molar-refractivity contribution in [3.8, 4) is 11.5 Å². The average molecular weight is 619 g/mol. The molecule has 208 valence electrons. The molecule has 0 unspecified atom stereocenters. The largest absolute Gasteiger partial charge is 0.493 e. The number of methoxy groups -OCH3 is 1. The molecule has 1 aliphatic heterocycles. The van der Waals surface area contributed by atoms with E-state index in [2.05, 4.69) is 39.7 Å². The molecule has 11 heteroatoms. The fourth-order valence-corrected chi connectivity index (χ4v) is 6.09. The van der Waals surface area contributed by atoms with Gasteiger partial charge in [-0.15, -0.1) is 0 Å². The van der Waals surface area contributed by atoms with Crippen LogP contribution in [0.15, 0.2) is 54.2 Å². The van der Waals surface area contributed by atoms with Gasteiger partial charge in [0.1, 0.15) is 5.76 Å². The molecule has 1 atom stereocenters. The summed E-state index contributed by atoms with van der Waals surface area (Å²) in [5, 5.41) is 0. The first kappa shape index (κ1) is 28.7. The number of nitrogens with zero attached hydrogens (tertiary/aromatic N) is 3. The maximum Gasteiger partial charge on any atom is 0.338 e. The van der Waals surface area contributed by atoms with Crippen molar-refractivity contribution in [1.82, 2.24) is 4.57 Å². The SMILES string of the molecule is CCOC(=O)C1=C(C)N=c2s/c(=C/c3ccc(N(CC)CC)o3)c(=O)n2[C@@H]1c1cc(OC)c(OCC)cc1Br. The highest BCUT2D eigenvalue weighted by molar-refractivity contribution is 9.10. The van der Waals surface area contributed by atoms with Gasteiger partial charge in [0.15, 0.2) is 22.2 Å². The third-order valence-electron chi connectivity index (χ3n) is 6.36. The number of carbonyl (C=O) groups excluding carboxylic acids is 1. The first-order chi connectivity index (χ1) is 18.8. The van der Waals surface area contributed by atoms with E-state index in [0.717, 1.165) is 19.0 Å². The Morgan fingerprint density at radius 2 is 1.92 bits per heavy atom. The lowest BCUT2D eigenvalue weighted by Crippen LogP contribution is -2.40. The van der Waals surface area contributed by atoms with Gasteiger partial charge in [-0.25, -0.2) is 9.79 Å². The van der Waals surface area contributed by atoms with Crippen LogP contribution in [0.4, 0.5) is 5.88 Å². The molecule has 0 bridgehead atoms. The molecule has 1 aliphatic rings. The molecule has 0 saturated carbocycles. The van der Waals surface area contributed by atoms with Gasteiger partial charge < -0.3 is 23.5 Å². The number of halogens is 1. The summed E-state index contributed by atoms with van der Waals surface area (Å²) in [5.74, 6) is 1.79. The maximum atomic E-state index is 13.9. The molecule has 0 fully saturated rings. The number of anilines is 1. The van der Waals surface area contributed by atoms with E-state index in [-0.39, 0.29) is 17.7 Å². The molecule has 0 N–H and O–H groups in total. The second-order valence-corrected chi connectivity index (χ2v) is 10.5. The topological polar surface area (TPSA) is 95.5 Å². The van der Waals surface area contributed by atoms with Crippen LogP contribution in [0.2, 0.25) is 0 Å². The summed E-state index contributed by atoms with van der Waals surface area (Å²) in [6.45, 7) is 11.7. The van der Waals surface area contributed by atoms with Crippen LogP contribution in [0.3, 0.4) is 0 Å². The number of hydrogen-bond acceptors (Lipinski definition) is 9. The van der Waals surface area contributed by atoms with Crippen molar-refractivity contribution in [2.45, 2.75) is 40.7 Å². The zero-order valence-electron chi connectivity index (χ0n) is 22.9. The molecule has 0 amide bonds. The van der Waals surface area contributed by atoms with E-state index in [0.29, 0.717) is 48.9 Å². The van der Waals surface area contributed by atoms with Crippen molar-refractivity contribution in [2.75, 3.05) is 38.3 Å². The molecule has 9 nitrogen and oxygen atoms in total. The molecule has 4 rings (SSSR count). The Morgan fingerprint density at radius 3 is 2.56 bits per heavy atom. The minimum absolute atomic E-state index is 0.188. The summed E-state index contributed by atoms with van der Waals surface area (Å²) in [6, 6.07) is 6.49. The molecule has 0 aliphatic carbocycles. The Morgan fingerprint density at radius 1 is 1.18 bits per heavy atom. The Balaban J connectivity index is 1.93. The first-order valence-corrected chi connectivity index (χ1v) is 14.4. The fraction of sp³-hybridized carbons (Fsp3) is 0.393. The molecule has 3 aromatic rings. The molecule has 3 heterocycles. The van der Waals surface area contributed by atoms with Crippen LogP contribution >= 0.6 is 27.3 Å². The minimum Gasteiger partial charge on any atom is -0.493 e. The Hall–Kier alpha value is -3.31. The second kappa shape index (κ2) is 12.3. The van der Waals surface area contributed by atoms with Gasteiger partial charge in [0.2, 0.25) is 0 Å². The van der Waals surface area contributed by atoms with Gasteiger partial charge in [-0.05, 0) is 58.4 Å². The van der Waals surface area contributed by atoms with E-state index in [1.54, 1.807) is 39.2 Å². The van der Waals surface area contributed by atoms with E-state index in [9.17, 15) is 9.59 Å². The number of furan rings is 1. The highest BCUT2D eigenvalue weighted by Crippen LogP contribution is 2.41. The Kier molecular flexibility index (Phi) is 9.01. The summed E-state index contributed by atoms with van der Waals surface area (Å²) >= 11 is 4.88. The lowest BCUT2D eigenvalue weighted by atomic mass is 9.95. The first-order valence-electron chi connectivity index (χ1n) is 12.8. The number of carbonyl (C=O) groups is 1. The van der Waals surface area contributed by atoms with Crippen LogP contribution in [-0.2, 0) is 9.53 Å². The lowest BCUT2D eigenvalue weighted by molar-refractivity contribution is -0.139. The number of fused-ring (bicyclic) bond motifs is 1. The number of esters is 1. The van der Waals surface area contributed by atoms with Crippen molar-refractivity contribution in [2.24, 2.45) is 4.99 Å². The highest BCUT2D eigenvalue weighted by Gasteiger charge is 2.35. The third kappa shape index (κ3) is 5.56. The maximum absolute atomic E-state index is 13.9. The van der Waals surface area contributed by atoms with Gasteiger partial charge in [0.25, 0.3) is 5.56 Å². The fourth-order valence-electron chi connectivity index (χ4n) is 4.53. The van der Waals surface area contributed by atoms with E-state index in [1.165, 1.54) is 15.9 Å². The molecule has 2 aromatic heterocycles. The van der Waals surface area contributed by atoms with Crippen molar-refractivity contribution < 1.29 is 23.4 Å². The standard InChI is InChI=1S/C28H32BrN3O6S/c1-7-31(8-2)23-12-11-17(38-23)13-22-26(33)32-25(18-14-20(35-6)21(36-9-3)15-19(18)29)24(27(34)37-10-4)16(5)30-28(32)39-22/h11-15,25H,7-10H2,1-6H3/b22-13+/t25-/m1/s1. The number of hydrogen-bond donors (Lipinski definition) is 0. The lowest BCUT2D eigenvalue weighted by Gasteiger charge is -2.26. The summed E-state index contributed by atoms with van der Waals surface area (Å²) < 4.78 is 25.3. The van der Waals surface area contributed by atoms with Gasteiger partial charge in [-0.3, -0.25) is 9.36 Å². The molecule has 0 saturated heterocycles. The van der Waals surface area contributed by atoms with E-state index in [1.807, 2.05) is 19.1 Å². The Bertz CT molecular complexity index is 1580. The molecular weight excluding hydrogens is 586 g/mol. The Labute approximate surface area is 239 Å². The van der Waals surface area contributed by atoms with Crippen LogP contribution in [0.25, 0.3) is 6.08 Å². The predicted octanol–water partition coefficient (Wildman–Crippen LogP) is 4.41. The van der Waals surface area contributed by atoms with Crippen LogP contribution in [0, 0.1) is 0 Å². The summed E-state index contributed by atoms with van der Waals surface area (Å²) in [4.78, 5) is 34.3. The minimum atomic E-state index is -0.802. The third-order valence-corrected chi connectivity index (χ3v) is 8.03. The molecule has 1 aromatic carbocycles. The number of thiazole rings is 1. The predicted molar refractivity (Wildman–Crippen MR) is 155 cm³/mol. The number of allylic oxidation sites excluding steroid dienone is 1. The average Bonchev–Trinajstić information content (AvgIpc) is 3.49. The smallest absolute Gasteiger partial charge is 0.338 e. The summed E-state index contributed by atoms with van der Waals surface area (Å²) in [6.07, 6.45) is 1.71. The number of aromatic nitrogens is 1. The van der Waals surface area contributed by atoms with Crippen LogP contribution in [0.1, 0.15) is 52.0 Å². The zero-order chi connectivity index (χ0) is 28.3. The van der Waals surface area contributed by atoms with E-state index >= 15 is 0 Å². The van der Waals surface area contributed by atoms with E-state index in [4.69, 9.17) is 18.6 Å². The number of benzene rings is 1. The van der Waals surface area contributed by atoms with Crippen LogP contribution in [0.5, 0.6) is 11.5 Å². The molecule has 39 heavy (non-hydrogen) atoms. The van der Waals surface area contributed by atoms with Gasteiger partial charge in [0, 0.05) is 29.7 Å². The summed E-state index contributed by atoms with van der Waals surface area (Å²) in [7, 11) is 1.55. The summed E-state index contributed by atoms with van der Waals surface area (Å²) in [5.41, 5.74) is 1.11. The van der Waals surface area contributed by atoms with Gasteiger partial charge in [-0.2, -0.15) is 0 Å². The zero-order valence-corrected chi connectivity index (χ0v) is 25.3. The normalized spacial score (nSPS) is 15.2. The molecular formula is C28H32BrN3O6S. The van der Waals surface area contributed by atoms with Crippen LogP contribution < -0.4 is 29.3 Å². The molecule has 0 radical (unpaired) electrons.